The molecule has 26 heavy (non-hydrogen) atoms. The van der Waals surface area contributed by atoms with Crippen molar-refractivity contribution in [3.63, 3.8) is 0 Å². The summed E-state index contributed by atoms with van der Waals surface area (Å²) >= 11 is 3.65. The van der Waals surface area contributed by atoms with Gasteiger partial charge in [0.1, 0.15) is 0 Å². The highest BCUT2D eigenvalue weighted by atomic mass is 79.9. The number of carboxylic acids is 1. The number of carbonyl (C=O) groups is 2. The Hall–Kier alpha value is -2.86. The smallest absolute Gasteiger partial charge is 0.335 e. The molecule has 132 valence electrons. The van der Waals surface area contributed by atoms with Gasteiger partial charge < -0.3 is 15.7 Å². The van der Waals surface area contributed by atoms with Gasteiger partial charge in [-0.1, -0.05) is 36.4 Å². The lowest BCUT2D eigenvalue weighted by Gasteiger charge is -2.15. The molecule has 0 unspecified atom stereocenters. The molecule has 0 aliphatic heterocycles. The number of halogens is 1. The highest BCUT2D eigenvalue weighted by Gasteiger charge is 2.11. The van der Waals surface area contributed by atoms with Gasteiger partial charge in [-0.25, -0.2) is 4.79 Å². The number of nitrogens with one attached hydrogen (secondary N) is 2. The van der Waals surface area contributed by atoms with Crippen LogP contribution in [0.5, 0.6) is 0 Å². The quantitative estimate of drug-likeness (QED) is 0.558. The van der Waals surface area contributed by atoms with E-state index >= 15 is 0 Å². The molecule has 0 saturated carbocycles. The molecular formula is C20H17BrN2O3. The van der Waals surface area contributed by atoms with Crippen LogP contribution in [0.15, 0.2) is 59.1 Å². The van der Waals surface area contributed by atoms with E-state index in [1.807, 2.05) is 36.4 Å². The molecule has 6 heteroatoms. The van der Waals surface area contributed by atoms with Crippen molar-refractivity contribution in [3.05, 3.63) is 70.2 Å². The van der Waals surface area contributed by atoms with Crippen LogP contribution in [0.4, 0.5) is 11.4 Å². The van der Waals surface area contributed by atoms with Crippen molar-refractivity contribution in [2.24, 2.45) is 0 Å². The van der Waals surface area contributed by atoms with E-state index in [1.54, 1.807) is 6.07 Å². The summed E-state index contributed by atoms with van der Waals surface area (Å²) in [5.41, 5.74) is 2.27. The van der Waals surface area contributed by atoms with Crippen LogP contribution in [-0.4, -0.2) is 17.0 Å². The van der Waals surface area contributed by atoms with E-state index in [2.05, 4.69) is 26.6 Å². The fraction of sp³-hybridized carbons (Fsp3) is 0.100. The van der Waals surface area contributed by atoms with Gasteiger partial charge in [0.05, 0.1) is 16.9 Å². The first-order chi connectivity index (χ1) is 12.5. The second-order valence-electron chi connectivity index (χ2n) is 5.86. The van der Waals surface area contributed by atoms with Crippen LogP contribution in [0.2, 0.25) is 0 Å². The predicted molar refractivity (Wildman–Crippen MR) is 107 cm³/mol. The molecule has 0 aliphatic carbocycles. The fourth-order valence-electron chi connectivity index (χ4n) is 2.73. The molecule has 0 spiro atoms. The lowest BCUT2D eigenvalue weighted by atomic mass is 10.1. The fourth-order valence-corrected chi connectivity index (χ4v) is 3.36. The second-order valence-corrected chi connectivity index (χ2v) is 6.65. The standard InChI is InChI=1S/C20H17BrN2O3/c1-12(24)23-17-9-8-14(20(25)26)10-18(17)22-11-15-7-6-13-4-2-3-5-16(13)19(15)21/h2-10,22H,11H2,1H3,(H,23,24)(H,25,26). The van der Waals surface area contributed by atoms with Crippen molar-refractivity contribution in [3.8, 4) is 0 Å². The van der Waals surface area contributed by atoms with Gasteiger partial charge in [0.2, 0.25) is 5.91 Å². The molecular weight excluding hydrogens is 396 g/mol. The number of rotatable bonds is 5. The van der Waals surface area contributed by atoms with Crippen molar-refractivity contribution < 1.29 is 14.7 Å². The minimum Gasteiger partial charge on any atom is -0.478 e. The number of fused-ring (bicyclic) bond motifs is 1. The number of amides is 1. The Morgan fingerprint density at radius 3 is 2.54 bits per heavy atom. The Labute approximate surface area is 159 Å². The minimum atomic E-state index is -1.02. The van der Waals surface area contributed by atoms with Crippen molar-refractivity contribution in [1.82, 2.24) is 0 Å². The van der Waals surface area contributed by atoms with Gasteiger partial charge in [-0.2, -0.15) is 0 Å². The Bertz CT molecular complexity index is 1000. The Balaban J connectivity index is 1.91. The topological polar surface area (TPSA) is 78.4 Å². The number of carboxylic acid groups (broad SMARTS) is 1. The molecule has 0 bridgehead atoms. The zero-order chi connectivity index (χ0) is 18.7. The van der Waals surface area contributed by atoms with E-state index in [0.29, 0.717) is 17.9 Å². The van der Waals surface area contributed by atoms with Crippen LogP contribution in [0.1, 0.15) is 22.8 Å². The Kier molecular flexibility index (Phi) is 5.23. The van der Waals surface area contributed by atoms with E-state index in [4.69, 9.17) is 0 Å². The second kappa shape index (κ2) is 7.58. The molecule has 3 aromatic carbocycles. The van der Waals surface area contributed by atoms with Crippen molar-refractivity contribution in [2.45, 2.75) is 13.5 Å². The van der Waals surface area contributed by atoms with Gasteiger partial charge >= 0.3 is 5.97 Å². The number of aromatic carboxylic acids is 1. The molecule has 0 heterocycles. The van der Waals surface area contributed by atoms with E-state index in [9.17, 15) is 14.7 Å². The number of benzene rings is 3. The van der Waals surface area contributed by atoms with Crippen LogP contribution < -0.4 is 10.6 Å². The van der Waals surface area contributed by atoms with Gasteiger partial charge in [0, 0.05) is 17.9 Å². The van der Waals surface area contributed by atoms with Gasteiger partial charge in [0.25, 0.3) is 0 Å². The molecule has 0 aliphatic rings. The first kappa shape index (κ1) is 17.9. The van der Waals surface area contributed by atoms with Crippen LogP contribution in [0.25, 0.3) is 10.8 Å². The molecule has 3 aromatic rings. The Morgan fingerprint density at radius 1 is 1.04 bits per heavy atom. The van der Waals surface area contributed by atoms with Gasteiger partial charge in [0.15, 0.2) is 0 Å². The zero-order valence-corrected chi connectivity index (χ0v) is 15.6. The van der Waals surface area contributed by atoms with Crippen LogP contribution in [-0.2, 0) is 11.3 Å². The number of hydrogen-bond donors (Lipinski definition) is 3. The lowest BCUT2D eigenvalue weighted by Crippen LogP contribution is -2.11. The summed E-state index contributed by atoms with van der Waals surface area (Å²) in [6, 6.07) is 16.7. The summed E-state index contributed by atoms with van der Waals surface area (Å²) in [6.45, 7) is 1.88. The molecule has 0 radical (unpaired) electrons. The van der Waals surface area contributed by atoms with Gasteiger partial charge in [-0.05, 0) is 50.5 Å². The van der Waals surface area contributed by atoms with Crippen molar-refractivity contribution in [1.29, 1.82) is 0 Å². The average Bonchev–Trinajstić information content (AvgIpc) is 2.62. The average molecular weight is 413 g/mol. The zero-order valence-electron chi connectivity index (χ0n) is 14.0. The lowest BCUT2D eigenvalue weighted by molar-refractivity contribution is -0.114. The SMILES string of the molecule is CC(=O)Nc1ccc(C(=O)O)cc1NCc1ccc2ccccc2c1Br. The summed E-state index contributed by atoms with van der Waals surface area (Å²) < 4.78 is 0.985. The largest absolute Gasteiger partial charge is 0.478 e. The van der Waals surface area contributed by atoms with E-state index in [0.717, 1.165) is 20.8 Å². The van der Waals surface area contributed by atoms with Crippen LogP contribution >= 0.6 is 15.9 Å². The van der Waals surface area contributed by atoms with Crippen molar-refractivity contribution in [2.75, 3.05) is 10.6 Å². The maximum atomic E-state index is 11.4. The minimum absolute atomic E-state index is 0.152. The third kappa shape index (κ3) is 3.86. The summed E-state index contributed by atoms with van der Waals surface area (Å²) in [4.78, 5) is 22.6. The number of carbonyl (C=O) groups excluding carboxylic acids is 1. The molecule has 3 rings (SSSR count). The molecule has 0 saturated heterocycles. The number of anilines is 2. The monoisotopic (exact) mass is 412 g/mol. The Morgan fingerprint density at radius 2 is 1.81 bits per heavy atom. The maximum absolute atomic E-state index is 11.4. The van der Waals surface area contributed by atoms with Gasteiger partial charge in [-0.3, -0.25) is 4.79 Å². The van der Waals surface area contributed by atoms with Crippen molar-refractivity contribution >= 4 is 50.0 Å². The normalized spacial score (nSPS) is 10.5. The third-order valence-corrected chi connectivity index (χ3v) is 4.93. The predicted octanol–water partition coefficient (Wildman–Crippen LogP) is 4.87. The first-order valence-corrected chi connectivity index (χ1v) is 8.80. The maximum Gasteiger partial charge on any atom is 0.335 e. The summed E-state index contributed by atoms with van der Waals surface area (Å²) in [5, 5.41) is 17.4. The third-order valence-electron chi connectivity index (χ3n) is 3.99. The molecule has 1 amide bonds. The van der Waals surface area contributed by atoms with E-state index < -0.39 is 5.97 Å². The molecule has 0 fully saturated rings. The van der Waals surface area contributed by atoms with E-state index in [1.165, 1.54) is 19.1 Å². The van der Waals surface area contributed by atoms with E-state index in [-0.39, 0.29) is 11.5 Å². The highest BCUT2D eigenvalue weighted by Crippen LogP contribution is 2.30. The summed E-state index contributed by atoms with van der Waals surface area (Å²) in [7, 11) is 0. The molecule has 0 atom stereocenters. The molecule has 3 N–H and O–H groups in total. The molecule has 5 nitrogen and oxygen atoms in total. The van der Waals surface area contributed by atoms with Crippen LogP contribution in [0.3, 0.4) is 0 Å². The van der Waals surface area contributed by atoms with Gasteiger partial charge in [-0.15, -0.1) is 0 Å². The molecule has 0 aromatic heterocycles. The van der Waals surface area contributed by atoms with Crippen LogP contribution in [0, 0.1) is 0 Å². The summed E-state index contributed by atoms with van der Waals surface area (Å²) in [5.74, 6) is -1.24. The highest BCUT2D eigenvalue weighted by molar-refractivity contribution is 9.10. The first-order valence-electron chi connectivity index (χ1n) is 8.00. The number of hydrogen-bond acceptors (Lipinski definition) is 3. The summed E-state index contributed by atoms with van der Waals surface area (Å²) in [6.07, 6.45) is 0.